The summed E-state index contributed by atoms with van der Waals surface area (Å²) in [5.74, 6) is 1.84. The predicted octanol–water partition coefficient (Wildman–Crippen LogP) is 3.45. The molecule has 1 aromatic carbocycles. The Balaban J connectivity index is 1.34. The van der Waals surface area contributed by atoms with Gasteiger partial charge in [-0.05, 0) is 67.6 Å². The summed E-state index contributed by atoms with van der Waals surface area (Å²) in [5.41, 5.74) is 6.53. The number of aliphatic hydroxyl groups is 1. The van der Waals surface area contributed by atoms with Crippen molar-refractivity contribution in [2.45, 2.75) is 65.9 Å². The van der Waals surface area contributed by atoms with Crippen molar-refractivity contribution in [1.29, 1.82) is 0 Å². The van der Waals surface area contributed by atoms with E-state index in [9.17, 15) is 14.5 Å². The Labute approximate surface area is 199 Å². The maximum atomic E-state index is 13.0. The van der Waals surface area contributed by atoms with Crippen LogP contribution < -0.4 is 4.74 Å². The summed E-state index contributed by atoms with van der Waals surface area (Å²) in [6.45, 7) is 10.1. The van der Waals surface area contributed by atoms with Gasteiger partial charge in [-0.1, -0.05) is 26.0 Å². The van der Waals surface area contributed by atoms with Crippen molar-refractivity contribution in [3.8, 4) is 5.75 Å². The second-order valence-electron chi connectivity index (χ2n) is 10.0. The van der Waals surface area contributed by atoms with Gasteiger partial charge in [-0.25, -0.2) is 9.57 Å². The fourth-order valence-electron chi connectivity index (χ4n) is 5.46. The van der Waals surface area contributed by atoms with Gasteiger partial charge in [0.1, 0.15) is 25.1 Å². The fourth-order valence-corrected chi connectivity index (χ4v) is 5.63. The zero-order valence-electron chi connectivity index (χ0n) is 20.3. The van der Waals surface area contributed by atoms with E-state index in [1.165, 1.54) is 5.56 Å². The van der Waals surface area contributed by atoms with E-state index in [1.54, 1.807) is 4.68 Å². The van der Waals surface area contributed by atoms with Crippen LogP contribution in [0.15, 0.2) is 12.1 Å². The standard InChI is InChI=1S/C24H33N2O7P/c1-13-8-16(9-14(2)23(13)31-11-17(27)12-32-33-34(29)30)6-7-20(28)26-19-10-18-22(24(18,4)5)21(19)15(3)25-26/h8-9,17-18,22,27,34H,6-7,10-12H2,1-5H3,(H,29,30). The summed E-state index contributed by atoms with van der Waals surface area (Å²) in [6.07, 6.45) is 0.885. The number of carbonyl (C=O) groups is 1. The highest BCUT2D eigenvalue weighted by atomic mass is 31.1. The average molecular weight is 493 g/mol. The van der Waals surface area contributed by atoms with Crippen LogP contribution in [0.3, 0.4) is 0 Å². The van der Waals surface area contributed by atoms with Crippen LogP contribution in [0.4, 0.5) is 0 Å². The van der Waals surface area contributed by atoms with Crippen molar-refractivity contribution in [1.82, 2.24) is 9.78 Å². The number of hydrogen-bond donors (Lipinski definition) is 2. The normalized spacial score (nSPS) is 21.6. The summed E-state index contributed by atoms with van der Waals surface area (Å²) in [4.78, 5) is 26.0. The average Bonchev–Trinajstić information content (AvgIpc) is 3.07. The van der Waals surface area contributed by atoms with E-state index in [4.69, 9.17) is 9.63 Å². The summed E-state index contributed by atoms with van der Waals surface area (Å²) < 4.78 is 21.9. The zero-order chi connectivity index (χ0) is 24.8. The minimum atomic E-state index is -3.20. The van der Waals surface area contributed by atoms with Crippen molar-refractivity contribution in [2.75, 3.05) is 13.2 Å². The highest BCUT2D eigenvalue weighted by molar-refractivity contribution is 7.31. The Morgan fingerprint density at radius 2 is 1.94 bits per heavy atom. The first kappa shape index (κ1) is 25.1. The molecule has 0 saturated heterocycles. The lowest BCUT2D eigenvalue weighted by Crippen LogP contribution is -2.23. The van der Waals surface area contributed by atoms with Gasteiger partial charge in [0.2, 0.25) is 5.91 Å². The van der Waals surface area contributed by atoms with Gasteiger partial charge >= 0.3 is 8.25 Å². The van der Waals surface area contributed by atoms with Gasteiger partial charge in [0, 0.05) is 12.0 Å². The lowest BCUT2D eigenvalue weighted by Gasteiger charge is -2.16. The Kier molecular flexibility index (Phi) is 7.04. The molecule has 10 heteroatoms. The number of aryl methyl sites for hydroxylation is 4. The molecule has 2 N–H and O–H groups in total. The molecule has 0 amide bonds. The highest BCUT2D eigenvalue weighted by Gasteiger charge is 2.64. The van der Waals surface area contributed by atoms with Gasteiger partial charge in [-0.15, -0.1) is 0 Å². The topological polar surface area (TPSA) is 120 Å². The Bertz CT molecular complexity index is 1100. The molecule has 186 valence electrons. The minimum absolute atomic E-state index is 0.0230. The van der Waals surface area contributed by atoms with Gasteiger partial charge < -0.3 is 14.7 Å². The summed E-state index contributed by atoms with van der Waals surface area (Å²) in [7, 11) is -3.20. The minimum Gasteiger partial charge on any atom is -0.490 e. The number of fused-ring (bicyclic) bond motifs is 3. The van der Waals surface area contributed by atoms with Crippen LogP contribution in [0.2, 0.25) is 0 Å². The second-order valence-corrected chi connectivity index (χ2v) is 10.7. The number of nitrogens with zero attached hydrogens (tertiary/aromatic N) is 2. The molecule has 0 bridgehead atoms. The van der Waals surface area contributed by atoms with Gasteiger partial charge in [-0.3, -0.25) is 9.36 Å². The lowest BCUT2D eigenvalue weighted by atomic mass is 9.98. The Hall–Kier alpha value is -2.03. The monoisotopic (exact) mass is 492 g/mol. The number of hydrogen-bond acceptors (Lipinski definition) is 7. The molecule has 4 unspecified atom stereocenters. The van der Waals surface area contributed by atoms with Crippen molar-refractivity contribution in [2.24, 2.45) is 11.3 Å². The first-order valence-electron chi connectivity index (χ1n) is 11.6. The Morgan fingerprint density at radius 3 is 2.59 bits per heavy atom. The molecule has 4 rings (SSSR count). The Morgan fingerprint density at radius 1 is 1.26 bits per heavy atom. The highest BCUT2D eigenvalue weighted by Crippen LogP contribution is 2.70. The number of rotatable bonds is 10. The molecule has 2 aromatic rings. The van der Waals surface area contributed by atoms with Crippen LogP contribution in [0.1, 0.15) is 64.6 Å². The van der Waals surface area contributed by atoms with E-state index in [-0.39, 0.29) is 19.1 Å². The van der Waals surface area contributed by atoms with E-state index in [0.29, 0.717) is 35.8 Å². The molecule has 2 aliphatic rings. The van der Waals surface area contributed by atoms with Gasteiger partial charge in [-0.2, -0.15) is 9.77 Å². The molecule has 1 fully saturated rings. The van der Waals surface area contributed by atoms with Crippen molar-refractivity contribution < 1.29 is 33.7 Å². The molecule has 1 saturated carbocycles. The van der Waals surface area contributed by atoms with E-state index < -0.39 is 14.4 Å². The smallest absolute Gasteiger partial charge is 0.344 e. The molecule has 0 aliphatic heterocycles. The van der Waals surface area contributed by atoms with Gasteiger partial charge in [0.15, 0.2) is 0 Å². The van der Waals surface area contributed by atoms with Crippen molar-refractivity contribution >= 4 is 14.2 Å². The van der Waals surface area contributed by atoms with Crippen LogP contribution in [-0.2, 0) is 27.0 Å². The number of carbonyl (C=O) groups excluding carboxylic acids is 1. The first-order chi connectivity index (χ1) is 16.0. The van der Waals surface area contributed by atoms with Crippen LogP contribution in [0.5, 0.6) is 5.75 Å². The quantitative estimate of drug-likeness (QED) is 0.294. The second kappa shape index (κ2) is 9.55. The number of aromatic nitrogens is 2. The van der Waals surface area contributed by atoms with Gasteiger partial charge in [0.25, 0.3) is 0 Å². The summed E-state index contributed by atoms with van der Waals surface area (Å²) in [6, 6.07) is 3.96. The third-order valence-corrected chi connectivity index (χ3v) is 7.44. The molecular formula is C24H33N2O7P. The molecule has 2 aliphatic carbocycles. The maximum Gasteiger partial charge on any atom is 0.344 e. The molecule has 4 atom stereocenters. The van der Waals surface area contributed by atoms with Crippen LogP contribution in [-0.4, -0.2) is 45.0 Å². The van der Waals surface area contributed by atoms with E-state index >= 15 is 0 Å². The molecule has 1 heterocycles. The zero-order valence-corrected chi connectivity index (χ0v) is 21.3. The van der Waals surface area contributed by atoms with Gasteiger partial charge in [0.05, 0.1) is 11.4 Å². The third kappa shape index (κ3) is 4.86. The van der Waals surface area contributed by atoms with E-state index in [0.717, 1.165) is 34.5 Å². The molecular weight excluding hydrogens is 459 g/mol. The summed E-state index contributed by atoms with van der Waals surface area (Å²) >= 11 is 0. The van der Waals surface area contributed by atoms with Crippen LogP contribution >= 0.6 is 8.25 Å². The number of aliphatic hydroxyl groups excluding tert-OH is 1. The third-order valence-electron chi connectivity index (χ3n) is 7.18. The van der Waals surface area contributed by atoms with Crippen LogP contribution in [0.25, 0.3) is 0 Å². The van der Waals surface area contributed by atoms with Crippen molar-refractivity contribution in [3.63, 3.8) is 0 Å². The number of ether oxygens (including phenoxy) is 1. The summed E-state index contributed by atoms with van der Waals surface area (Å²) in [5, 5.41) is 14.5. The number of benzene rings is 1. The maximum absolute atomic E-state index is 13.0. The van der Waals surface area contributed by atoms with E-state index in [1.807, 2.05) is 32.9 Å². The fraction of sp³-hybridized carbons (Fsp3) is 0.583. The van der Waals surface area contributed by atoms with Crippen molar-refractivity contribution in [3.05, 3.63) is 45.8 Å². The first-order valence-corrected chi connectivity index (χ1v) is 12.8. The lowest BCUT2D eigenvalue weighted by molar-refractivity contribution is -0.226. The van der Waals surface area contributed by atoms with Crippen LogP contribution in [0, 0.1) is 32.1 Å². The molecule has 1 aromatic heterocycles. The largest absolute Gasteiger partial charge is 0.490 e. The molecule has 9 nitrogen and oxygen atoms in total. The molecule has 0 spiro atoms. The molecule has 34 heavy (non-hydrogen) atoms. The van der Waals surface area contributed by atoms with E-state index in [2.05, 4.69) is 28.5 Å². The predicted molar refractivity (Wildman–Crippen MR) is 125 cm³/mol. The SMILES string of the molecule is Cc1cc(CCC(=O)n2nc(C)c3c2CC2C3C2(C)C)cc(C)c1OCC(O)COO[PH](=O)O. The molecule has 0 radical (unpaired) electrons.